The predicted octanol–water partition coefficient (Wildman–Crippen LogP) is 2.56. The average molecular weight is 286 g/mol. The first kappa shape index (κ1) is 14.8. The maximum absolute atomic E-state index is 12.2. The lowest BCUT2D eigenvalue weighted by atomic mass is 10.2. The fourth-order valence-corrected chi connectivity index (χ4v) is 1.76. The van der Waals surface area contributed by atoms with E-state index >= 15 is 0 Å². The summed E-state index contributed by atoms with van der Waals surface area (Å²) in [5, 5.41) is 13.8. The van der Waals surface area contributed by atoms with Crippen LogP contribution in [0.3, 0.4) is 0 Å². The van der Waals surface area contributed by atoms with E-state index in [2.05, 4.69) is 27.8 Å². The monoisotopic (exact) mass is 286 g/mol. The van der Waals surface area contributed by atoms with Gasteiger partial charge in [-0.05, 0) is 30.7 Å². The molecule has 0 saturated heterocycles. The maximum Gasteiger partial charge on any atom is 0.260 e. The van der Waals surface area contributed by atoms with E-state index in [1.165, 1.54) is 7.11 Å². The van der Waals surface area contributed by atoms with Crippen LogP contribution in [0.4, 0.5) is 11.6 Å². The number of rotatable bonds is 6. The van der Waals surface area contributed by atoms with Gasteiger partial charge in [-0.25, -0.2) is 0 Å². The van der Waals surface area contributed by atoms with Gasteiger partial charge in [-0.3, -0.25) is 4.79 Å². The molecule has 0 bridgehead atoms. The Morgan fingerprint density at radius 2 is 1.86 bits per heavy atom. The average Bonchev–Trinajstić information content (AvgIpc) is 2.54. The molecule has 1 aromatic carbocycles. The van der Waals surface area contributed by atoms with Crippen LogP contribution in [0.1, 0.15) is 23.7 Å². The largest absolute Gasteiger partial charge is 0.496 e. The summed E-state index contributed by atoms with van der Waals surface area (Å²) < 4.78 is 5.16. The minimum absolute atomic E-state index is 0.281. The number of nitrogens with zero attached hydrogens (tertiary/aromatic N) is 2. The summed E-state index contributed by atoms with van der Waals surface area (Å²) in [6.45, 7) is 2.91. The molecule has 1 heterocycles. The van der Waals surface area contributed by atoms with Crippen molar-refractivity contribution in [3.63, 3.8) is 0 Å². The molecule has 2 aromatic rings. The van der Waals surface area contributed by atoms with Gasteiger partial charge in [0.2, 0.25) is 0 Å². The molecule has 6 nitrogen and oxygen atoms in total. The van der Waals surface area contributed by atoms with Gasteiger partial charge < -0.3 is 15.4 Å². The van der Waals surface area contributed by atoms with Gasteiger partial charge in [-0.1, -0.05) is 19.1 Å². The standard InChI is InChI=1S/C15H18N4O2/c1-3-10-16-13-8-9-14(19-18-13)17-15(20)11-6-4-5-7-12(11)21-2/h4-9H,3,10H2,1-2H3,(H,16,18)(H,17,19,20). The highest BCUT2D eigenvalue weighted by molar-refractivity contribution is 6.05. The van der Waals surface area contributed by atoms with Crippen molar-refractivity contribution in [2.75, 3.05) is 24.3 Å². The van der Waals surface area contributed by atoms with Crippen LogP contribution < -0.4 is 15.4 Å². The van der Waals surface area contributed by atoms with Crippen molar-refractivity contribution >= 4 is 17.5 Å². The van der Waals surface area contributed by atoms with E-state index in [-0.39, 0.29) is 5.91 Å². The minimum Gasteiger partial charge on any atom is -0.496 e. The van der Waals surface area contributed by atoms with Crippen molar-refractivity contribution in [2.45, 2.75) is 13.3 Å². The van der Waals surface area contributed by atoms with E-state index in [0.29, 0.717) is 22.9 Å². The molecule has 0 aliphatic heterocycles. The van der Waals surface area contributed by atoms with Gasteiger partial charge in [-0.2, -0.15) is 0 Å². The van der Waals surface area contributed by atoms with E-state index in [1.807, 2.05) is 6.07 Å². The number of ether oxygens (including phenoxy) is 1. The van der Waals surface area contributed by atoms with Gasteiger partial charge >= 0.3 is 0 Å². The molecule has 0 radical (unpaired) electrons. The second kappa shape index (κ2) is 7.23. The third-order valence-corrected chi connectivity index (χ3v) is 2.81. The molecular formula is C15H18N4O2. The molecule has 110 valence electrons. The van der Waals surface area contributed by atoms with Gasteiger partial charge in [0.15, 0.2) is 5.82 Å². The van der Waals surface area contributed by atoms with Crippen molar-refractivity contribution in [2.24, 2.45) is 0 Å². The highest BCUT2D eigenvalue weighted by atomic mass is 16.5. The molecule has 0 fully saturated rings. The number of amides is 1. The van der Waals surface area contributed by atoms with Crippen molar-refractivity contribution in [3.05, 3.63) is 42.0 Å². The second-order valence-corrected chi connectivity index (χ2v) is 4.38. The van der Waals surface area contributed by atoms with Gasteiger partial charge in [0.25, 0.3) is 5.91 Å². The normalized spacial score (nSPS) is 10.0. The Kier molecular flexibility index (Phi) is 5.09. The Bertz CT molecular complexity index is 599. The number of benzene rings is 1. The SMILES string of the molecule is CCCNc1ccc(NC(=O)c2ccccc2OC)nn1. The van der Waals surface area contributed by atoms with E-state index in [9.17, 15) is 4.79 Å². The number of hydrogen-bond acceptors (Lipinski definition) is 5. The molecule has 0 aliphatic rings. The number of para-hydroxylation sites is 1. The van der Waals surface area contributed by atoms with Gasteiger partial charge in [-0.15, -0.1) is 10.2 Å². The molecule has 2 rings (SSSR count). The molecule has 1 amide bonds. The summed E-state index contributed by atoms with van der Waals surface area (Å²) in [7, 11) is 1.53. The van der Waals surface area contributed by atoms with Gasteiger partial charge in [0, 0.05) is 6.54 Å². The number of carbonyl (C=O) groups is 1. The van der Waals surface area contributed by atoms with Gasteiger partial charge in [0.1, 0.15) is 11.6 Å². The lowest BCUT2D eigenvalue weighted by Gasteiger charge is -2.08. The van der Waals surface area contributed by atoms with Crippen molar-refractivity contribution in [1.82, 2.24) is 10.2 Å². The van der Waals surface area contributed by atoms with E-state index in [1.54, 1.807) is 30.3 Å². The summed E-state index contributed by atoms with van der Waals surface area (Å²) in [5.41, 5.74) is 0.454. The van der Waals surface area contributed by atoms with Crippen LogP contribution >= 0.6 is 0 Å². The van der Waals surface area contributed by atoms with Crippen LogP contribution in [-0.2, 0) is 0 Å². The summed E-state index contributed by atoms with van der Waals surface area (Å²) in [6, 6.07) is 10.5. The maximum atomic E-state index is 12.2. The molecule has 1 aromatic heterocycles. The van der Waals surface area contributed by atoms with Crippen molar-refractivity contribution in [1.29, 1.82) is 0 Å². The first-order valence-corrected chi connectivity index (χ1v) is 6.76. The quantitative estimate of drug-likeness (QED) is 0.853. The van der Waals surface area contributed by atoms with Crippen LogP contribution in [0.15, 0.2) is 36.4 Å². The van der Waals surface area contributed by atoms with E-state index in [0.717, 1.165) is 13.0 Å². The third-order valence-electron chi connectivity index (χ3n) is 2.81. The second-order valence-electron chi connectivity index (χ2n) is 4.38. The van der Waals surface area contributed by atoms with Crippen LogP contribution in [0.2, 0.25) is 0 Å². The Labute approximate surface area is 123 Å². The Hall–Kier alpha value is -2.63. The van der Waals surface area contributed by atoms with E-state index < -0.39 is 0 Å². The van der Waals surface area contributed by atoms with Crippen LogP contribution in [0, 0.1) is 0 Å². The fraction of sp³-hybridized carbons (Fsp3) is 0.267. The first-order chi connectivity index (χ1) is 10.2. The highest BCUT2D eigenvalue weighted by Gasteiger charge is 2.12. The summed E-state index contributed by atoms with van der Waals surface area (Å²) in [4.78, 5) is 12.2. The zero-order valence-corrected chi connectivity index (χ0v) is 12.1. The molecular weight excluding hydrogens is 268 g/mol. The number of methoxy groups -OCH3 is 1. The third kappa shape index (κ3) is 3.92. The van der Waals surface area contributed by atoms with Crippen molar-refractivity contribution < 1.29 is 9.53 Å². The highest BCUT2D eigenvalue weighted by Crippen LogP contribution is 2.18. The Morgan fingerprint density at radius 1 is 1.14 bits per heavy atom. The van der Waals surface area contributed by atoms with E-state index in [4.69, 9.17) is 4.74 Å². The van der Waals surface area contributed by atoms with Crippen LogP contribution in [0.25, 0.3) is 0 Å². The number of aromatic nitrogens is 2. The molecule has 21 heavy (non-hydrogen) atoms. The first-order valence-electron chi connectivity index (χ1n) is 6.76. The summed E-state index contributed by atoms with van der Waals surface area (Å²) in [5.74, 6) is 1.32. The Balaban J connectivity index is 2.05. The van der Waals surface area contributed by atoms with Crippen LogP contribution in [0.5, 0.6) is 5.75 Å². The number of anilines is 2. The topological polar surface area (TPSA) is 76.1 Å². The lowest BCUT2D eigenvalue weighted by Crippen LogP contribution is -2.14. The Morgan fingerprint density at radius 3 is 2.52 bits per heavy atom. The molecule has 0 aliphatic carbocycles. The molecule has 2 N–H and O–H groups in total. The molecule has 0 saturated carbocycles. The van der Waals surface area contributed by atoms with Crippen molar-refractivity contribution in [3.8, 4) is 5.75 Å². The predicted molar refractivity (Wildman–Crippen MR) is 81.8 cm³/mol. The summed E-state index contributed by atoms with van der Waals surface area (Å²) in [6.07, 6.45) is 1.01. The zero-order chi connectivity index (χ0) is 15.1. The molecule has 6 heteroatoms. The van der Waals surface area contributed by atoms with Crippen LogP contribution in [-0.4, -0.2) is 29.8 Å². The lowest BCUT2D eigenvalue weighted by molar-refractivity contribution is 0.102. The minimum atomic E-state index is -0.281. The zero-order valence-electron chi connectivity index (χ0n) is 12.1. The molecule has 0 spiro atoms. The number of nitrogens with one attached hydrogen (secondary N) is 2. The molecule has 0 atom stereocenters. The summed E-state index contributed by atoms with van der Waals surface area (Å²) >= 11 is 0. The molecule has 0 unspecified atom stereocenters. The van der Waals surface area contributed by atoms with Gasteiger partial charge in [0.05, 0.1) is 12.7 Å². The number of hydrogen-bond donors (Lipinski definition) is 2. The smallest absolute Gasteiger partial charge is 0.260 e. The number of carbonyl (C=O) groups excluding carboxylic acids is 1. The fourth-order valence-electron chi connectivity index (χ4n) is 1.76.